The second-order valence-corrected chi connectivity index (χ2v) is 7.60. The van der Waals surface area contributed by atoms with Gasteiger partial charge in [-0.3, -0.25) is 4.99 Å². The van der Waals surface area contributed by atoms with Crippen LogP contribution < -0.4 is 20.3 Å². The number of nitrogens with zero attached hydrogens (tertiary/aromatic N) is 3. The number of ether oxygens (including phenoxy) is 1. The van der Waals surface area contributed by atoms with Crippen molar-refractivity contribution in [3.8, 4) is 11.5 Å². The topological polar surface area (TPSA) is 82.0 Å². The molecule has 31 heavy (non-hydrogen) atoms. The molecule has 3 rings (SSSR count). The summed E-state index contributed by atoms with van der Waals surface area (Å²) >= 11 is 0. The van der Waals surface area contributed by atoms with Crippen LogP contribution in [0.25, 0.3) is 0 Å². The summed E-state index contributed by atoms with van der Waals surface area (Å²) in [6, 6.07) is 9.99. The number of halogens is 1. The molecule has 8 heteroatoms. The van der Waals surface area contributed by atoms with Crippen LogP contribution in [0.4, 0.5) is 5.82 Å². The average Bonchev–Trinajstić information content (AvgIpc) is 2.76. The maximum atomic E-state index is 10.1. The molecule has 1 aromatic carbocycles. The van der Waals surface area contributed by atoms with Crippen LogP contribution in [-0.2, 0) is 6.42 Å². The van der Waals surface area contributed by atoms with Crippen LogP contribution in [0.1, 0.15) is 30.9 Å². The van der Waals surface area contributed by atoms with Crippen molar-refractivity contribution in [2.24, 2.45) is 4.99 Å². The summed E-state index contributed by atoms with van der Waals surface area (Å²) in [7, 11) is 1.59. The molecule has 0 bridgehead atoms. The maximum absolute atomic E-state index is 10.1. The quantitative estimate of drug-likeness (QED) is 0.284. The van der Waals surface area contributed by atoms with E-state index in [-0.39, 0.29) is 29.7 Å². The number of rotatable bonds is 7. The first-order valence-electron chi connectivity index (χ1n) is 10.7. The highest BCUT2D eigenvalue weighted by molar-refractivity contribution is 14.0. The van der Waals surface area contributed by atoms with Crippen LogP contribution in [0.5, 0.6) is 11.5 Å². The third-order valence-corrected chi connectivity index (χ3v) is 5.34. The number of phenols is 1. The molecule has 1 aliphatic heterocycles. The van der Waals surface area contributed by atoms with Gasteiger partial charge >= 0.3 is 0 Å². The Morgan fingerprint density at radius 1 is 1.26 bits per heavy atom. The first-order chi connectivity index (χ1) is 14.6. The summed E-state index contributed by atoms with van der Waals surface area (Å²) in [6.07, 6.45) is 4.68. The van der Waals surface area contributed by atoms with Gasteiger partial charge in [0.1, 0.15) is 17.3 Å². The molecule has 7 nitrogen and oxygen atoms in total. The molecule has 0 amide bonds. The number of piperidine rings is 1. The van der Waals surface area contributed by atoms with Gasteiger partial charge in [0.25, 0.3) is 0 Å². The standard InChI is InChI=1S/C23H33N5O2.HI/c1-4-24-23(25-12-9-18-6-7-20(30-3)15-21(18)29)27-19-10-13-28(14-11-19)22-8-5-17(2)16-26-22;/h5-8,15-16,19,29H,4,9-14H2,1-3H3,(H2,24,25,27);1H. The molecule has 1 aromatic heterocycles. The summed E-state index contributed by atoms with van der Waals surface area (Å²) in [5, 5.41) is 17.0. The largest absolute Gasteiger partial charge is 0.508 e. The van der Waals surface area contributed by atoms with E-state index in [0.717, 1.165) is 49.8 Å². The SMILES string of the molecule is CCNC(=NCCc1ccc(OC)cc1O)NC1CCN(c2ccc(C)cn2)CC1.I. The summed E-state index contributed by atoms with van der Waals surface area (Å²) < 4.78 is 5.14. The van der Waals surface area contributed by atoms with E-state index in [0.29, 0.717) is 24.8 Å². The van der Waals surface area contributed by atoms with Crippen molar-refractivity contribution in [3.05, 3.63) is 47.7 Å². The van der Waals surface area contributed by atoms with Gasteiger partial charge in [-0.2, -0.15) is 0 Å². The molecule has 3 N–H and O–H groups in total. The highest BCUT2D eigenvalue weighted by Crippen LogP contribution is 2.23. The van der Waals surface area contributed by atoms with Crippen molar-refractivity contribution < 1.29 is 9.84 Å². The predicted octanol–water partition coefficient (Wildman–Crippen LogP) is 3.49. The Hall–Kier alpha value is -2.23. The number of nitrogens with one attached hydrogen (secondary N) is 2. The lowest BCUT2D eigenvalue weighted by molar-refractivity contribution is 0.406. The van der Waals surface area contributed by atoms with Crippen LogP contribution in [0.2, 0.25) is 0 Å². The van der Waals surface area contributed by atoms with Crippen molar-refractivity contribution in [1.82, 2.24) is 15.6 Å². The molecule has 0 radical (unpaired) electrons. The molecule has 0 spiro atoms. The van der Waals surface area contributed by atoms with E-state index in [1.807, 2.05) is 18.3 Å². The normalized spacial score (nSPS) is 14.7. The summed E-state index contributed by atoms with van der Waals surface area (Å²) in [5.74, 6) is 2.79. The predicted molar refractivity (Wildman–Crippen MR) is 137 cm³/mol. The molecular formula is C23H34IN5O2. The van der Waals surface area contributed by atoms with Gasteiger partial charge in [0, 0.05) is 44.5 Å². The number of aromatic hydroxyl groups is 1. The minimum atomic E-state index is 0. The molecule has 0 unspecified atom stereocenters. The lowest BCUT2D eigenvalue weighted by Crippen LogP contribution is -2.49. The average molecular weight is 539 g/mol. The molecule has 1 saturated heterocycles. The summed E-state index contributed by atoms with van der Waals surface area (Å²) in [4.78, 5) is 11.6. The number of aromatic nitrogens is 1. The second-order valence-electron chi connectivity index (χ2n) is 7.60. The van der Waals surface area contributed by atoms with Crippen LogP contribution in [0.3, 0.4) is 0 Å². The van der Waals surface area contributed by atoms with Crippen LogP contribution >= 0.6 is 24.0 Å². The smallest absolute Gasteiger partial charge is 0.191 e. The van der Waals surface area contributed by atoms with E-state index in [4.69, 9.17) is 9.73 Å². The number of pyridine rings is 1. The third kappa shape index (κ3) is 7.45. The van der Waals surface area contributed by atoms with E-state index in [2.05, 4.69) is 46.5 Å². The van der Waals surface area contributed by atoms with Gasteiger partial charge in [0.2, 0.25) is 0 Å². The fourth-order valence-electron chi connectivity index (χ4n) is 3.58. The molecule has 2 aromatic rings. The third-order valence-electron chi connectivity index (χ3n) is 5.34. The molecule has 170 valence electrons. The number of aryl methyl sites for hydroxylation is 1. The van der Waals surface area contributed by atoms with E-state index in [1.165, 1.54) is 5.56 Å². The van der Waals surface area contributed by atoms with Gasteiger partial charge in [-0.25, -0.2) is 4.98 Å². The molecule has 1 fully saturated rings. The minimum Gasteiger partial charge on any atom is -0.508 e. The Kier molecular flexibility index (Phi) is 10.2. The Morgan fingerprint density at radius 2 is 2.03 bits per heavy atom. The number of anilines is 1. The lowest BCUT2D eigenvalue weighted by atomic mass is 10.1. The van der Waals surface area contributed by atoms with E-state index >= 15 is 0 Å². The zero-order valence-electron chi connectivity index (χ0n) is 18.6. The van der Waals surface area contributed by atoms with Crippen molar-refractivity contribution in [2.75, 3.05) is 38.2 Å². The number of aliphatic imine (C=N–C) groups is 1. The number of hydrogen-bond donors (Lipinski definition) is 3. The number of phenolic OH excluding ortho intramolecular Hbond substituents is 1. The highest BCUT2D eigenvalue weighted by Gasteiger charge is 2.20. The Morgan fingerprint density at radius 3 is 2.65 bits per heavy atom. The van der Waals surface area contributed by atoms with Crippen molar-refractivity contribution in [3.63, 3.8) is 0 Å². The van der Waals surface area contributed by atoms with Crippen LogP contribution in [0, 0.1) is 6.92 Å². The molecule has 1 aliphatic rings. The molecule has 2 heterocycles. The molecule has 0 aliphatic carbocycles. The van der Waals surface area contributed by atoms with Gasteiger partial charge in [-0.1, -0.05) is 12.1 Å². The Balaban J connectivity index is 0.00000341. The van der Waals surface area contributed by atoms with Crippen molar-refractivity contribution >= 4 is 35.8 Å². The fraction of sp³-hybridized carbons (Fsp3) is 0.478. The van der Waals surface area contributed by atoms with E-state index < -0.39 is 0 Å². The van der Waals surface area contributed by atoms with Crippen LogP contribution in [0.15, 0.2) is 41.5 Å². The Labute approximate surface area is 202 Å². The van der Waals surface area contributed by atoms with Gasteiger partial charge in [-0.15, -0.1) is 24.0 Å². The molecular weight excluding hydrogens is 505 g/mol. The number of benzene rings is 1. The Bertz CT molecular complexity index is 836. The first kappa shape index (κ1) is 25.0. The van der Waals surface area contributed by atoms with Gasteiger partial charge < -0.3 is 25.4 Å². The minimum absolute atomic E-state index is 0. The lowest BCUT2D eigenvalue weighted by Gasteiger charge is -2.33. The second kappa shape index (κ2) is 12.6. The zero-order chi connectivity index (χ0) is 21.3. The van der Waals surface area contributed by atoms with Gasteiger partial charge in [-0.05, 0) is 56.4 Å². The van der Waals surface area contributed by atoms with Gasteiger partial charge in [0.15, 0.2) is 5.96 Å². The van der Waals surface area contributed by atoms with E-state index in [9.17, 15) is 5.11 Å². The van der Waals surface area contributed by atoms with Crippen LogP contribution in [-0.4, -0.2) is 55.4 Å². The van der Waals surface area contributed by atoms with Crippen molar-refractivity contribution in [1.29, 1.82) is 0 Å². The number of hydrogen-bond acceptors (Lipinski definition) is 5. The fourth-order valence-corrected chi connectivity index (χ4v) is 3.58. The number of methoxy groups -OCH3 is 1. The molecule has 0 saturated carbocycles. The summed E-state index contributed by atoms with van der Waals surface area (Å²) in [6.45, 7) is 7.50. The highest BCUT2D eigenvalue weighted by atomic mass is 127. The molecule has 0 atom stereocenters. The number of guanidine groups is 1. The maximum Gasteiger partial charge on any atom is 0.191 e. The summed E-state index contributed by atoms with van der Waals surface area (Å²) in [5.41, 5.74) is 2.05. The van der Waals surface area contributed by atoms with E-state index in [1.54, 1.807) is 13.2 Å². The van der Waals surface area contributed by atoms with Gasteiger partial charge in [0.05, 0.1) is 7.11 Å². The monoisotopic (exact) mass is 539 g/mol. The first-order valence-corrected chi connectivity index (χ1v) is 10.7. The van der Waals surface area contributed by atoms with Crippen molar-refractivity contribution in [2.45, 2.75) is 39.2 Å². The zero-order valence-corrected chi connectivity index (χ0v) is 20.9.